The Morgan fingerprint density at radius 2 is 1.90 bits per heavy atom. The Morgan fingerprint density at radius 3 is 2.58 bits per heavy atom. The summed E-state index contributed by atoms with van der Waals surface area (Å²) in [5.41, 5.74) is 2.67. The van der Waals surface area contributed by atoms with Gasteiger partial charge in [0, 0.05) is 6.92 Å². The number of ether oxygens (including phenoxy) is 1. The van der Waals surface area contributed by atoms with Crippen LogP contribution in [0.1, 0.15) is 32.0 Å². The van der Waals surface area contributed by atoms with Crippen LogP contribution in [0, 0.1) is 6.92 Å². The van der Waals surface area contributed by atoms with Crippen LogP contribution in [0.3, 0.4) is 0 Å². The van der Waals surface area contributed by atoms with E-state index in [9.17, 15) is 13.2 Å². The standard InChI is InChI=1S/C22H25N3O5S/c1-5-17-21(22(30-24-17)23-15(4)26)16-12-11-14(3)20(13-16)31(27,28)25-18-9-7-8-10-19(18)29-6-2/h7-13,25H,5-6H2,1-4H3,(H,23,26). The Balaban J connectivity index is 2.06. The number of hydrogen-bond acceptors (Lipinski definition) is 6. The van der Waals surface area contributed by atoms with Gasteiger partial charge in [-0.25, -0.2) is 8.42 Å². The van der Waals surface area contributed by atoms with Crippen molar-refractivity contribution >= 4 is 27.5 Å². The average Bonchev–Trinajstić information content (AvgIpc) is 3.11. The van der Waals surface area contributed by atoms with E-state index < -0.39 is 10.0 Å². The zero-order valence-corrected chi connectivity index (χ0v) is 18.7. The minimum atomic E-state index is -3.92. The van der Waals surface area contributed by atoms with Crippen LogP contribution in [-0.4, -0.2) is 26.1 Å². The fourth-order valence-electron chi connectivity index (χ4n) is 3.18. The fraction of sp³-hybridized carbons (Fsp3) is 0.273. The van der Waals surface area contributed by atoms with Crippen molar-refractivity contribution in [3.05, 3.63) is 53.7 Å². The summed E-state index contributed by atoms with van der Waals surface area (Å²) in [6, 6.07) is 11.9. The molecule has 3 rings (SSSR count). The predicted octanol–water partition coefficient (Wildman–Crippen LogP) is 4.37. The van der Waals surface area contributed by atoms with Gasteiger partial charge in [0.15, 0.2) is 0 Å². The van der Waals surface area contributed by atoms with Gasteiger partial charge in [0.25, 0.3) is 10.0 Å². The number of aromatic nitrogens is 1. The maximum Gasteiger partial charge on any atom is 0.262 e. The molecule has 2 aromatic carbocycles. The van der Waals surface area contributed by atoms with Gasteiger partial charge in [-0.15, -0.1) is 0 Å². The van der Waals surface area contributed by atoms with Crippen molar-refractivity contribution in [3.8, 4) is 16.9 Å². The Morgan fingerprint density at radius 1 is 1.16 bits per heavy atom. The number of hydrogen-bond donors (Lipinski definition) is 2. The maximum atomic E-state index is 13.2. The first kappa shape index (κ1) is 22.4. The molecule has 2 N–H and O–H groups in total. The molecule has 0 saturated heterocycles. The maximum absolute atomic E-state index is 13.2. The molecule has 0 aliphatic carbocycles. The molecule has 3 aromatic rings. The number of nitrogens with one attached hydrogen (secondary N) is 2. The van der Waals surface area contributed by atoms with Crippen LogP contribution in [0.4, 0.5) is 11.6 Å². The number of nitrogens with zero attached hydrogens (tertiary/aromatic N) is 1. The van der Waals surface area contributed by atoms with Gasteiger partial charge in [-0.05, 0) is 49.6 Å². The van der Waals surface area contributed by atoms with E-state index in [-0.39, 0.29) is 16.7 Å². The molecule has 0 spiro atoms. The molecule has 0 aliphatic rings. The van der Waals surface area contributed by atoms with Crippen LogP contribution in [0.2, 0.25) is 0 Å². The average molecular weight is 444 g/mol. The Hall–Kier alpha value is -3.33. The Bertz CT molecular complexity index is 1200. The van der Waals surface area contributed by atoms with Crippen molar-refractivity contribution in [2.75, 3.05) is 16.6 Å². The van der Waals surface area contributed by atoms with Gasteiger partial charge < -0.3 is 9.26 Å². The lowest BCUT2D eigenvalue weighted by Gasteiger charge is -2.15. The highest BCUT2D eigenvalue weighted by atomic mass is 32.2. The smallest absolute Gasteiger partial charge is 0.262 e. The molecule has 31 heavy (non-hydrogen) atoms. The molecule has 0 radical (unpaired) electrons. The molecular formula is C22H25N3O5S. The summed E-state index contributed by atoms with van der Waals surface area (Å²) in [5, 5.41) is 6.62. The lowest BCUT2D eigenvalue weighted by Crippen LogP contribution is -2.15. The molecular weight excluding hydrogens is 418 g/mol. The van der Waals surface area contributed by atoms with Gasteiger partial charge in [0.1, 0.15) is 5.75 Å². The highest BCUT2D eigenvalue weighted by molar-refractivity contribution is 7.92. The summed E-state index contributed by atoms with van der Waals surface area (Å²) in [6.45, 7) is 7.22. The van der Waals surface area contributed by atoms with Crippen molar-refractivity contribution in [3.63, 3.8) is 0 Å². The van der Waals surface area contributed by atoms with Crippen LogP contribution >= 0.6 is 0 Å². The van der Waals surface area contributed by atoms with Crippen LogP contribution in [0.15, 0.2) is 51.9 Å². The fourth-order valence-corrected chi connectivity index (χ4v) is 4.53. The van der Waals surface area contributed by atoms with Crippen molar-refractivity contribution in [2.45, 2.75) is 39.0 Å². The molecule has 1 heterocycles. The Kier molecular flexibility index (Phi) is 6.65. The summed E-state index contributed by atoms with van der Waals surface area (Å²) in [6.07, 6.45) is 0.550. The van der Waals surface area contributed by atoms with E-state index in [1.54, 1.807) is 49.4 Å². The number of carbonyl (C=O) groups is 1. The lowest BCUT2D eigenvalue weighted by molar-refractivity contribution is -0.114. The number of anilines is 2. The zero-order valence-electron chi connectivity index (χ0n) is 17.9. The summed E-state index contributed by atoms with van der Waals surface area (Å²) < 4.78 is 39.9. The number of carbonyl (C=O) groups excluding carboxylic acids is 1. The molecule has 0 unspecified atom stereocenters. The normalized spacial score (nSPS) is 11.2. The molecule has 164 valence electrons. The highest BCUT2D eigenvalue weighted by Gasteiger charge is 2.23. The lowest BCUT2D eigenvalue weighted by atomic mass is 10.0. The van der Waals surface area contributed by atoms with Crippen molar-refractivity contribution < 1.29 is 22.5 Å². The van der Waals surface area contributed by atoms with Gasteiger partial charge in [-0.3, -0.25) is 14.8 Å². The van der Waals surface area contributed by atoms with E-state index in [0.717, 1.165) is 0 Å². The molecule has 9 heteroatoms. The van der Waals surface area contributed by atoms with E-state index >= 15 is 0 Å². The first-order valence-electron chi connectivity index (χ1n) is 9.88. The van der Waals surface area contributed by atoms with Crippen LogP contribution < -0.4 is 14.8 Å². The van der Waals surface area contributed by atoms with Crippen LogP contribution in [-0.2, 0) is 21.2 Å². The molecule has 0 bridgehead atoms. The summed E-state index contributed by atoms with van der Waals surface area (Å²) in [4.78, 5) is 11.7. The topological polar surface area (TPSA) is 111 Å². The zero-order chi connectivity index (χ0) is 22.6. The largest absolute Gasteiger partial charge is 0.492 e. The third-order valence-corrected chi connectivity index (χ3v) is 6.09. The van der Waals surface area contributed by atoms with Crippen molar-refractivity contribution in [1.29, 1.82) is 0 Å². The van der Waals surface area contributed by atoms with E-state index in [0.29, 0.717) is 46.8 Å². The summed E-state index contributed by atoms with van der Waals surface area (Å²) in [7, 11) is -3.92. The number of sulfonamides is 1. The second kappa shape index (κ2) is 9.22. The number of para-hydroxylation sites is 2. The summed E-state index contributed by atoms with van der Waals surface area (Å²) >= 11 is 0. The van der Waals surface area contributed by atoms with Gasteiger partial charge >= 0.3 is 0 Å². The van der Waals surface area contributed by atoms with E-state index in [2.05, 4.69) is 15.2 Å². The third-order valence-electron chi connectivity index (χ3n) is 4.58. The van der Waals surface area contributed by atoms with Crippen LogP contribution in [0.25, 0.3) is 11.1 Å². The van der Waals surface area contributed by atoms with Crippen molar-refractivity contribution in [2.24, 2.45) is 0 Å². The van der Waals surface area contributed by atoms with E-state index in [1.165, 1.54) is 6.92 Å². The highest BCUT2D eigenvalue weighted by Crippen LogP contribution is 2.35. The second-order valence-electron chi connectivity index (χ2n) is 6.88. The van der Waals surface area contributed by atoms with Gasteiger partial charge in [-0.1, -0.05) is 36.3 Å². The molecule has 0 atom stereocenters. The molecule has 0 aliphatic heterocycles. The van der Waals surface area contributed by atoms with E-state index in [1.807, 2.05) is 13.8 Å². The summed E-state index contributed by atoms with van der Waals surface area (Å²) in [5.74, 6) is 0.322. The van der Waals surface area contributed by atoms with Crippen LogP contribution in [0.5, 0.6) is 5.75 Å². The second-order valence-corrected chi connectivity index (χ2v) is 8.53. The number of benzene rings is 2. The Labute approximate surface area is 181 Å². The van der Waals surface area contributed by atoms with Gasteiger partial charge in [-0.2, -0.15) is 0 Å². The molecule has 1 aromatic heterocycles. The molecule has 1 amide bonds. The predicted molar refractivity (Wildman–Crippen MR) is 119 cm³/mol. The number of aryl methyl sites for hydroxylation is 2. The van der Waals surface area contributed by atoms with Crippen molar-refractivity contribution in [1.82, 2.24) is 5.16 Å². The quantitative estimate of drug-likeness (QED) is 0.535. The molecule has 0 saturated carbocycles. The monoisotopic (exact) mass is 443 g/mol. The minimum absolute atomic E-state index is 0.105. The molecule has 0 fully saturated rings. The number of amides is 1. The third kappa shape index (κ3) is 4.88. The first-order valence-corrected chi connectivity index (χ1v) is 11.4. The minimum Gasteiger partial charge on any atom is -0.492 e. The van der Waals surface area contributed by atoms with Gasteiger partial charge in [0.05, 0.1) is 28.4 Å². The molecule has 8 nitrogen and oxygen atoms in total. The SMILES string of the molecule is CCOc1ccccc1NS(=O)(=O)c1cc(-c2c(CC)noc2NC(C)=O)ccc1C. The first-order chi connectivity index (χ1) is 14.8. The van der Waals surface area contributed by atoms with Gasteiger partial charge in [0.2, 0.25) is 11.8 Å². The number of rotatable bonds is 8. The van der Waals surface area contributed by atoms with E-state index in [4.69, 9.17) is 9.26 Å².